The van der Waals surface area contributed by atoms with E-state index in [1.807, 2.05) is 5.43 Å². The number of nitro benzene ring substituents is 1. The molecule has 2 amide bonds. The summed E-state index contributed by atoms with van der Waals surface area (Å²) in [5.41, 5.74) is 7.14. The van der Waals surface area contributed by atoms with Gasteiger partial charge < -0.3 is 10.2 Å². The third kappa shape index (κ3) is 3.57. The standard InChI is InChI=1S/C12H9ClN4O4/c13-9-3-1-7(5-10(9)17(19)20)11-4-2-8(21-11)6-15-16-12(14)18/h1-6H,(H3,14,16,18)/b15-6-. The van der Waals surface area contributed by atoms with Crippen LogP contribution in [0.2, 0.25) is 5.02 Å². The molecule has 108 valence electrons. The average Bonchev–Trinajstić information content (AvgIpc) is 2.87. The summed E-state index contributed by atoms with van der Waals surface area (Å²) in [6.45, 7) is 0. The Labute approximate surface area is 123 Å². The number of urea groups is 1. The number of hydrogen-bond acceptors (Lipinski definition) is 5. The summed E-state index contributed by atoms with van der Waals surface area (Å²) in [4.78, 5) is 20.7. The van der Waals surface area contributed by atoms with E-state index in [2.05, 4.69) is 5.10 Å². The molecule has 3 N–H and O–H groups in total. The van der Waals surface area contributed by atoms with Crippen LogP contribution in [0.1, 0.15) is 5.76 Å². The fourth-order valence-corrected chi connectivity index (χ4v) is 1.73. The number of carbonyl (C=O) groups is 1. The van der Waals surface area contributed by atoms with Crippen molar-refractivity contribution in [2.45, 2.75) is 0 Å². The number of hydrazone groups is 1. The second-order valence-electron chi connectivity index (χ2n) is 3.86. The van der Waals surface area contributed by atoms with E-state index >= 15 is 0 Å². The van der Waals surface area contributed by atoms with E-state index in [0.717, 1.165) is 0 Å². The lowest BCUT2D eigenvalue weighted by atomic mass is 10.1. The van der Waals surface area contributed by atoms with Gasteiger partial charge in [0.2, 0.25) is 0 Å². The highest BCUT2D eigenvalue weighted by Crippen LogP contribution is 2.30. The van der Waals surface area contributed by atoms with Crippen molar-refractivity contribution in [1.82, 2.24) is 5.43 Å². The lowest BCUT2D eigenvalue weighted by molar-refractivity contribution is -0.384. The van der Waals surface area contributed by atoms with Crippen molar-refractivity contribution in [2.75, 3.05) is 0 Å². The smallest absolute Gasteiger partial charge is 0.332 e. The van der Waals surface area contributed by atoms with Crippen LogP contribution in [0.3, 0.4) is 0 Å². The molecule has 0 atom stereocenters. The van der Waals surface area contributed by atoms with Crippen molar-refractivity contribution in [1.29, 1.82) is 0 Å². The van der Waals surface area contributed by atoms with Gasteiger partial charge in [0.25, 0.3) is 5.69 Å². The number of nitrogens with two attached hydrogens (primary N) is 1. The zero-order chi connectivity index (χ0) is 15.4. The van der Waals surface area contributed by atoms with Gasteiger partial charge in [0.05, 0.1) is 11.1 Å². The molecule has 0 spiro atoms. The van der Waals surface area contributed by atoms with Crippen LogP contribution in [-0.4, -0.2) is 17.2 Å². The quantitative estimate of drug-likeness (QED) is 0.511. The lowest BCUT2D eigenvalue weighted by Gasteiger charge is -1.99. The van der Waals surface area contributed by atoms with Crippen LogP contribution >= 0.6 is 11.6 Å². The molecule has 8 nitrogen and oxygen atoms in total. The number of nitrogens with one attached hydrogen (secondary N) is 1. The minimum Gasteiger partial charge on any atom is -0.455 e. The molecule has 0 unspecified atom stereocenters. The Morgan fingerprint density at radius 1 is 1.43 bits per heavy atom. The SMILES string of the molecule is NC(=O)N/N=C\c1ccc(-c2ccc(Cl)c([N+](=O)[O-])c2)o1. The average molecular weight is 309 g/mol. The maximum absolute atomic E-state index is 10.8. The van der Waals surface area contributed by atoms with E-state index in [-0.39, 0.29) is 10.7 Å². The molecule has 0 radical (unpaired) electrons. The highest BCUT2D eigenvalue weighted by atomic mass is 35.5. The highest BCUT2D eigenvalue weighted by Gasteiger charge is 2.15. The molecule has 1 aromatic carbocycles. The Kier molecular flexibility index (Phi) is 4.19. The first kappa shape index (κ1) is 14.5. The van der Waals surface area contributed by atoms with Crippen molar-refractivity contribution in [3.05, 3.63) is 51.2 Å². The van der Waals surface area contributed by atoms with Crippen LogP contribution in [0, 0.1) is 10.1 Å². The first-order valence-corrected chi connectivity index (χ1v) is 5.98. The first-order valence-electron chi connectivity index (χ1n) is 5.60. The summed E-state index contributed by atoms with van der Waals surface area (Å²) in [7, 11) is 0. The maximum Gasteiger partial charge on any atom is 0.332 e. The molecule has 0 saturated heterocycles. The van der Waals surface area contributed by atoms with E-state index in [1.54, 1.807) is 18.2 Å². The van der Waals surface area contributed by atoms with Gasteiger partial charge >= 0.3 is 6.03 Å². The van der Waals surface area contributed by atoms with Gasteiger partial charge in [-0.15, -0.1) is 0 Å². The molecule has 1 heterocycles. The molecular formula is C12H9ClN4O4. The van der Waals surface area contributed by atoms with E-state index in [1.165, 1.54) is 18.3 Å². The number of nitrogens with zero attached hydrogens (tertiary/aromatic N) is 2. The first-order chi connectivity index (χ1) is 9.97. The van der Waals surface area contributed by atoms with Gasteiger partial charge in [0.1, 0.15) is 16.5 Å². The zero-order valence-electron chi connectivity index (χ0n) is 10.4. The third-order valence-corrected chi connectivity index (χ3v) is 2.74. The summed E-state index contributed by atoms with van der Waals surface area (Å²) >= 11 is 5.74. The molecule has 2 rings (SSSR count). The van der Waals surface area contributed by atoms with E-state index < -0.39 is 11.0 Å². The topological polar surface area (TPSA) is 124 Å². The molecule has 2 aromatic rings. The molecule has 1 aromatic heterocycles. The number of carbonyl (C=O) groups excluding carboxylic acids is 1. The number of furan rings is 1. The van der Waals surface area contributed by atoms with Gasteiger partial charge in [-0.1, -0.05) is 11.6 Å². The van der Waals surface area contributed by atoms with E-state index in [4.69, 9.17) is 21.8 Å². The highest BCUT2D eigenvalue weighted by molar-refractivity contribution is 6.32. The Morgan fingerprint density at radius 2 is 2.19 bits per heavy atom. The van der Waals surface area contributed by atoms with Gasteiger partial charge in [-0.3, -0.25) is 10.1 Å². The minimum atomic E-state index is -0.800. The summed E-state index contributed by atoms with van der Waals surface area (Å²) in [6, 6.07) is 6.72. The lowest BCUT2D eigenvalue weighted by Crippen LogP contribution is -2.24. The number of halogens is 1. The van der Waals surface area contributed by atoms with Crippen LogP contribution in [-0.2, 0) is 0 Å². The van der Waals surface area contributed by atoms with Crippen LogP contribution < -0.4 is 11.2 Å². The summed E-state index contributed by atoms with van der Waals surface area (Å²) in [5, 5.41) is 14.4. The fraction of sp³-hybridized carbons (Fsp3) is 0. The van der Waals surface area contributed by atoms with Crippen LogP contribution in [0.4, 0.5) is 10.5 Å². The normalized spacial score (nSPS) is 10.7. The molecule has 9 heteroatoms. The molecule has 0 aliphatic carbocycles. The number of hydrogen-bond donors (Lipinski definition) is 2. The van der Waals surface area contributed by atoms with Gasteiger partial charge in [-0.25, -0.2) is 10.2 Å². The summed E-state index contributed by atoms with van der Waals surface area (Å²) in [6.07, 6.45) is 1.25. The van der Waals surface area contributed by atoms with Crippen molar-refractivity contribution in [2.24, 2.45) is 10.8 Å². The van der Waals surface area contributed by atoms with E-state index in [9.17, 15) is 14.9 Å². The second-order valence-corrected chi connectivity index (χ2v) is 4.27. The monoisotopic (exact) mass is 308 g/mol. The molecule has 21 heavy (non-hydrogen) atoms. The Balaban J connectivity index is 2.25. The van der Waals surface area contributed by atoms with Crippen molar-refractivity contribution < 1.29 is 14.1 Å². The number of amides is 2. The molecule has 0 bridgehead atoms. The van der Waals surface area contributed by atoms with Gasteiger partial charge in [-0.2, -0.15) is 5.10 Å². The Bertz CT molecular complexity index is 726. The number of rotatable bonds is 4. The van der Waals surface area contributed by atoms with E-state index in [0.29, 0.717) is 17.1 Å². The van der Waals surface area contributed by atoms with Crippen LogP contribution in [0.25, 0.3) is 11.3 Å². The Morgan fingerprint density at radius 3 is 2.86 bits per heavy atom. The van der Waals surface area contributed by atoms with Crippen LogP contribution in [0.5, 0.6) is 0 Å². The summed E-state index contributed by atoms with van der Waals surface area (Å²) in [5.74, 6) is 0.742. The molecule has 0 fully saturated rings. The Hall–Kier alpha value is -2.87. The maximum atomic E-state index is 10.8. The summed E-state index contributed by atoms with van der Waals surface area (Å²) < 4.78 is 5.42. The predicted octanol–water partition coefficient (Wildman–Crippen LogP) is 2.51. The van der Waals surface area contributed by atoms with Crippen molar-refractivity contribution in [3.63, 3.8) is 0 Å². The van der Waals surface area contributed by atoms with Gasteiger partial charge in [-0.05, 0) is 24.3 Å². The van der Waals surface area contributed by atoms with Gasteiger partial charge in [0, 0.05) is 11.6 Å². The molecule has 0 aliphatic heterocycles. The molecule has 0 aliphatic rings. The van der Waals surface area contributed by atoms with Gasteiger partial charge in [0.15, 0.2) is 0 Å². The molecular weight excluding hydrogens is 300 g/mol. The predicted molar refractivity (Wildman–Crippen MR) is 76.1 cm³/mol. The number of benzene rings is 1. The fourth-order valence-electron chi connectivity index (χ4n) is 1.54. The van der Waals surface area contributed by atoms with Crippen LogP contribution in [0.15, 0.2) is 39.9 Å². The third-order valence-electron chi connectivity index (χ3n) is 2.42. The zero-order valence-corrected chi connectivity index (χ0v) is 11.2. The number of primary amides is 1. The minimum absolute atomic E-state index is 0.0442. The number of nitro groups is 1. The second kappa shape index (κ2) is 6.06. The van der Waals surface area contributed by atoms with Crippen molar-refractivity contribution in [3.8, 4) is 11.3 Å². The largest absolute Gasteiger partial charge is 0.455 e. The van der Waals surface area contributed by atoms with Crippen molar-refractivity contribution >= 4 is 29.5 Å². The molecule has 0 saturated carbocycles.